The maximum absolute atomic E-state index is 5.22. The average Bonchev–Trinajstić information content (AvgIpc) is 2.39. The summed E-state index contributed by atoms with van der Waals surface area (Å²) in [6.07, 6.45) is 9.02. The molecule has 104 valence electrons. The highest BCUT2D eigenvalue weighted by molar-refractivity contribution is 5.38. The molecule has 0 unspecified atom stereocenters. The van der Waals surface area contributed by atoms with Gasteiger partial charge in [-0.3, -0.25) is 0 Å². The van der Waals surface area contributed by atoms with Crippen LogP contribution in [0.25, 0.3) is 0 Å². The second-order valence-electron chi connectivity index (χ2n) is 5.29. The SMILES string of the molecule is C#Cc1ccc(C)c(C)c1.C=C(C)CC(CC)CC. The topological polar surface area (TPSA) is 0 Å². The van der Waals surface area contributed by atoms with E-state index in [4.69, 9.17) is 6.42 Å². The lowest BCUT2D eigenvalue weighted by Crippen LogP contribution is -1.95. The zero-order valence-electron chi connectivity index (χ0n) is 13.2. The highest BCUT2D eigenvalue weighted by Crippen LogP contribution is 2.16. The second kappa shape index (κ2) is 9.45. The number of allylic oxidation sites excluding steroid dienone is 1. The van der Waals surface area contributed by atoms with Crippen LogP contribution in [0.1, 0.15) is 56.7 Å². The maximum atomic E-state index is 5.22. The molecular formula is C19H28. The molecule has 19 heavy (non-hydrogen) atoms. The molecule has 1 aromatic carbocycles. The summed E-state index contributed by atoms with van der Waals surface area (Å²) in [6, 6.07) is 6.03. The predicted octanol–water partition coefficient (Wildman–Crippen LogP) is 5.67. The molecule has 1 rings (SSSR count). The molecule has 0 spiro atoms. The van der Waals surface area contributed by atoms with Gasteiger partial charge in [0.15, 0.2) is 0 Å². The van der Waals surface area contributed by atoms with Crippen molar-refractivity contribution in [3.63, 3.8) is 0 Å². The Balaban J connectivity index is 0.000000344. The third kappa shape index (κ3) is 7.52. The van der Waals surface area contributed by atoms with Gasteiger partial charge < -0.3 is 0 Å². The molecule has 0 saturated heterocycles. The Labute approximate surface area is 119 Å². The van der Waals surface area contributed by atoms with Crippen LogP contribution in [0.3, 0.4) is 0 Å². The quantitative estimate of drug-likeness (QED) is 0.480. The predicted molar refractivity (Wildman–Crippen MR) is 87.4 cm³/mol. The van der Waals surface area contributed by atoms with Crippen molar-refractivity contribution in [2.75, 3.05) is 0 Å². The van der Waals surface area contributed by atoms with E-state index in [0.717, 1.165) is 11.5 Å². The van der Waals surface area contributed by atoms with E-state index in [9.17, 15) is 0 Å². The van der Waals surface area contributed by atoms with Crippen molar-refractivity contribution in [3.05, 3.63) is 47.0 Å². The average molecular weight is 256 g/mol. The number of hydrogen-bond acceptors (Lipinski definition) is 0. The van der Waals surface area contributed by atoms with Gasteiger partial charge in [0.1, 0.15) is 0 Å². The lowest BCUT2D eigenvalue weighted by molar-refractivity contribution is 0.489. The van der Waals surface area contributed by atoms with E-state index < -0.39 is 0 Å². The Hall–Kier alpha value is -1.48. The van der Waals surface area contributed by atoms with Crippen LogP contribution in [0.5, 0.6) is 0 Å². The Morgan fingerprint density at radius 1 is 1.21 bits per heavy atom. The molecule has 0 N–H and O–H groups in total. The first-order chi connectivity index (χ1) is 8.94. The van der Waals surface area contributed by atoms with E-state index >= 15 is 0 Å². The van der Waals surface area contributed by atoms with Gasteiger partial charge in [0.05, 0.1) is 0 Å². The van der Waals surface area contributed by atoms with Crippen LogP contribution in [0, 0.1) is 32.1 Å². The Morgan fingerprint density at radius 3 is 2.11 bits per heavy atom. The number of hydrogen-bond donors (Lipinski definition) is 0. The fraction of sp³-hybridized carbons (Fsp3) is 0.474. The molecule has 0 aliphatic carbocycles. The van der Waals surface area contributed by atoms with Crippen LogP contribution < -0.4 is 0 Å². The fourth-order valence-electron chi connectivity index (χ4n) is 1.90. The van der Waals surface area contributed by atoms with Gasteiger partial charge in [-0.25, -0.2) is 0 Å². The van der Waals surface area contributed by atoms with E-state index in [0.29, 0.717) is 0 Å². The molecule has 0 fully saturated rings. The van der Waals surface area contributed by atoms with Crippen molar-refractivity contribution >= 4 is 0 Å². The Kier molecular flexibility index (Phi) is 8.71. The van der Waals surface area contributed by atoms with Crippen LogP contribution in [-0.2, 0) is 0 Å². The van der Waals surface area contributed by atoms with Crippen molar-refractivity contribution in [3.8, 4) is 12.3 Å². The van der Waals surface area contributed by atoms with Gasteiger partial charge in [0.2, 0.25) is 0 Å². The molecule has 0 aliphatic rings. The normalized spacial score (nSPS) is 9.53. The minimum Gasteiger partial charge on any atom is -0.115 e. The lowest BCUT2D eigenvalue weighted by atomic mass is 9.96. The zero-order valence-corrected chi connectivity index (χ0v) is 13.2. The molecule has 0 heterocycles. The third-order valence-corrected chi connectivity index (χ3v) is 3.47. The molecule has 0 radical (unpaired) electrons. The van der Waals surface area contributed by atoms with Crippen LogP contribution >= 0.6 is 0 Å². The van der Waals surface area contributed by atoms with E-state index in [-0.39, 0.29) is 0 Å². The van der Waals surface area contributed by atoms with Crippen LogP contribution in [0.15, 0.2) is 30.4 Å². The van der Waals surface area contributed by atoms with Crippen LogP contribution in [0.2, 0.25) is 0 Å². The monoisotopic (exact) mass is 256 g/mol. The number of rotatable bonds is 4. The van der Waals surface area contributed by atoms with Gasteiger partial charge in [0.25, 0.3) is 0 Å². The van der Waals surface area contributed by atoms with Crippen LogP contribution in [-0.4, -0.2) is 0 Å². The first-order valence-corrected chi connectivity index (χ1v) is 7.12. The van der Waals surface area contributed by atoms with Gasteiger partial charge in [-0.1, -0.05) is 44.2 Å². The van der Waals surface area contributed by atoms with Crippen molar-refractivity contribution in [1.82, 2.24) is 0 Å². The van der Waals surface area contributed by atoms with Gasteiger partial charge in [-0.15, -0.1) is 13.0 Å². The Morgan fingerprint density at radius 2 is 1.79 bits per heavy atom. The molecule has 1 aromatic rings. The number of aryl methyl sites for hydroxylation is 2. The summed E-state index contributed by atoms with van der Waals surface area (Å²) < 4.78 is 0. The molecule has 0 aliphatic heterocycles. The van der Waals surface area contributed by atoms with Crippen molar-refractivity contribution < 1.29 is 0 Å². The minimum atomic E-state index is 0.877. The van der Waals surface area contributed by atoms with Gasteiger partial charge in [0, 0.05) is 5.56 Å². The summed E-state index contributed by atoms with van der Waals surface area (Å²) >= 11 is 0. The fourth-order valence-corrected chi connectivity index (χ4v) is 1.90. The van der Waals surface area contributed by atoms with Crippen molar-refractivity contribution in [1.29, 1.82) is 0 Å². The molecule has 0 atom stereocenters. The number of terminal acetylenes is 1. The van der Waals surface area contributed by atoms with E-state index in [1.165, 1.54) is 36.0 Å². The second-order valence-corrected chi connectivity index (χ2v) is 5.29. The Bertz CT molecular complexity index is 428. The zero-order chi connectivity index (χ0) is 14.8. The van der Waals surface area contributed by atoms with Crippen LogP contribution in [0.4, 0.5) is 0 Å². The van der Waals surface area contributed by atoms with Gasteiger partial charge >= 0.3 is 0 Å². The first-order valence-electron chi connectivity index (χ1n) is 7.12. The molecule has 0 amide bonds. The molecule has 0 nitrogen and oxygen atoms in total. The molecule has 0 bridgehead atoms. The molecule has 0 aromatic heterocycles. The lowest BCUT2D eigenvalue weighted by Gasteiger charge is -2.10. The van der Waals surface area contributed by atoms with Gasteiger partial charge in [-0.05, 0) is 56.4 Å². The maximum Gasteiger partial charge on any atom is 0.0245 e. The van der Waals surface area contributed by atoms with E-state index in [2.05, 4.69) is 47.1 Å². The minimum absolute atomic E-state index is 0.877. The summed E-state index contributed by atoms with van der Waals surface area (Å²) in [6.45, 7) is 14.6. The summed E-state index contributed by atoms with van der Waals surface area (Å²) in [5.74, 6) is 3.47. The van der Waals surface area contributed by atoms with Crippen molar-refractivity contribution in [2.24, 2.45) is 5.92 Å². The molecule has 0 heteroatoms. The smallest absolute Gasteiger partial charge is 0.0245 e. The van der Waals surface area contributed by atoms with E-state index in [1.54, 1.807) is 0 Å². The highest BCUT2D eigenvalue weighted by atomic mass is 14.1. The largest absolute Gasteiger partial charge is 0.115 e. The summed E-state index contributed by atoms with van der Waals surface area (Å²) in [5.41, 5.74) is 4.83. The summed E-state index contributed by atoms with van der Waals surface area (Å²) in [4.78, 5) is 0. The first kappa shape index (κ1) is 17.5. The summed E-state index contributed by atoms with van der Waals surface area (Å²) in [7, 11) is 0. The molecular weight excluding hydrogens is 228 g/mol. The third-order valence-electron chi connectivity index (χ3n) is 3.47. The van der Waals surface area contributed by atoms with E-state index in [1.807, 2.05) is 18.2 Å². The highest BCUT2D eigenvalue weighted by Gasteiger charge is 2.01. The number of benzene rings is 1. The molecule has 0 saturated carbocycles. The van der Waals surface area contributed by atoms with Gasteiger partial charge in [-0.2, -0.15) is 0 Å². The van der Waals surface area contributed by atoms with Crippen molar-refractivity contribution in [2.45, 2.75) is 53.9 Å². The summed E-state index contributed by atoms with van der Waals surface area (Å²) in [5, 5.41) is 0. The standard InChI is InChI=1S/C10H10.C9H18/c1-4-10-6-5-8(2)9(3)7-10;1-5-9(6-2)7-8(3)4/h1,5-7H,2-3H3;9H,3,5-7H2,1-2,4H3.